The van der Waals surface area contributed by atoms with E-state index in [0.29, 0.717) is 0 Å². The molecule has 1 saturated heterocycles. The molecule has 1 aromatic heterocycles. The van der Waals surface area contributed by atoms with Gasteiger partial charge in [-0.15, -0.1) is 0 Å². The fourth-order valence-electron chi connectivity index (χ4n) is 3.81. The number of hydrogen-bond acceptors (Lipinski definition) is 2. The van der Waals surface area contributed by atoms with Gasteiger partial charge in [-0.25, -0.2) is 0 Å². The van der Waals surface area contributed by atoms with E-state index in [-0.39, 0.29) is 5.91 Å². The molecule has 24 heavy (non-hydrogen) atoms. The first-order chi connectivity index (χ1) is 11.7. The lowest BCUT2D eigenvalue weighted by molar-refractivity contribution is 0.0724. The molecule has 2 aliphatic heterocycles. The first-order valence-electron chi connectivity index (χ1n) is 9.01. The number of fused-ring (bicyclic) bond motifs is 1. The van der Waals surface area contributed by atoms with Crippen LogP contribution < -0.4 is 0 Å². The third kappa shape index (κ3) is 2.86. The molecule has 1 fully saturated rings. The lowest BCUT2D eigenvalue weighted by Gasteiger charge is -2.26. The molecule has 2 aliphatic rings. The van der Waals surface area contributed by atoms with Crippen molar-refractivity contribution in [2.45, 2.75) is 25.7 Å². The van der Waals surface area contributed by atoms with E-state index in [2.05, 4.69) is 35.3 Å². The van der Waals surface area contributed by atoms with E-state index in [1.54, 1.807) is 0 Å². The number of aromatic nitrogens is 1. The van der Waals surface area contributed by atoms with Gasteiger partial charge in [0.2, 0.25) is 0 Å². The summed E-state index contributed by atoms with van der Waals surface area (Å²) in [4.78, 5) is 20.5. The lowest BCUT2D eigenvalue weighted by Crippen LogP contribution is -2.35. The Morgan fingerprint density at radius 2 is 1.96 bits per heavy atom. The molecule has 2 aromatic rings. The van der Waals surface area contributed by atoms with Gasteiger partial charge in [-0.2, -0.15) is 0 Å². The molecule has 0 atom stereocenters. The van der Waals surface area contributed by atoms with Gasteiger partial charge in [0.05, 0.1) is 0 Å². The minimum absolute atomic E-state index is 0.182. The van der Waals surface area contributed by atoms with E-state index in [9.17, 15) is 4.79 Å². The number of likely N-dealkylation sites (tertiary alicyclic amines) is 1. The second kappa shape index (κ2) is 6.44. The highest BCUT2D eigenvalue weighted by Gasteiger charge is 2.20. The SMILES string of the molecule is CN1CC=C(c2c[nH]c3ccc(C(=O)N4CCCCC4)cc23)CC1. The number of amides is 1. The van der Waals surface area contributed by atoms with Gasteiger partial charge >= 0.3 is 0 Å². The van der Waals surface area contributed by atoms with Crippen molar-refractivity contribution in [1.29, 1.82) is 0 Å². The van der Waals surface area contributed by atoms with Crippen LogP contribution in [-0.2, 0) is 0 Å². The number of aromatic amines is 1. The summed E-state index contributed by atoms with van der Waals surface area (Å²) in [5, 5.41) is 1.17. The summed E-state index contributed by atoms with van der Waals surface area (Å²) in [6.45, 7) is 3.88. The summed E-state index contributed by atoms with van der Waals surface area (Å²) < 4.78 is 0. The van der Waals surface area contributed by atoms with Crippen molar-refractivity contribution < 1.29 is 4.79 Å². The largest absolute Gasteiger partial charge is 0.361 e. The Hall–Kier alpha value is -2.07. The fourth-order valence-corrected chi connectivity index (χ4v) is 3.81. The predicted molar refractivity (Wildman–Crippen MR) is 98.1 cm³/mol. The summed E-state index contributed by atoms with van der Waals surface area (Å²) in [5.74, 6) is 0.182. The zero-order valence-electron chi connectivity index (χ0n) is 14.3. The second-order valence-electron chi connectivity index (χ2n) is 7.06. The van der Waals surface area contributed by atoms with E-state index < -0.39 is 0 Å². The van der Waals surface area contributed by atoms with Gasteiger partial charge in [0, 0.05) is 54.4 Å². The molecule has 0 aliphatic carbocycles. The quantitative estimate of drug-likeness (QED) is 0.918. The number of carbonyl (C=O) groups excluding carboxylic acids is 1. The van der Waals surface area contributed by atoms with Gasteiger partial charge in [-0.05, 0) is 56.5 Å². The van der Waals surface area contributed by atoms with Crippen molar-refractivity contribution in [2.75, 3.05) is 33.2 Å². The molecule has 4 nitrogen and oxygen atoms in total. The van der Waals surface area contributed by atoms with Crippen LogP contribution in [0.5, 0.6) is 0 Å². The van der Waals surface area contributed by atoms with Crippen LogP contribution in [-0.4, -0.2) is 53.9 Å². The van der Waals surface area contributed by atoms with Crippen LogP contribution in [0.3, 0.4) is 0 Å². The van der Waals surface area contributed by atoms with Gasteiger partial charge < -0.3 is 14.8 Å². The van der Waals surface area contributed by atoms with E-state index in [0.717, 1.165) is 56.5 Å². The standard InChI is InChI=1S/C20H25N3O/c1-22-11-7-15(8-12-22)18-14-21-19-6-5-16(13-17(18)19)20(24)23-9-3-2-4-10-23/h5-7,13-14,21H,2-4,8-12H2,1H3. The topological polar surface area (TPSA) is 39.3 Å². The first kappa shape index (κ1) is 15.5. The van der Waals surface area contributed by atoms with E-state index in [1.165, 1.54) is 22.9 Å². The first-order valence-corrected chi connectivity index (χ1v) is 9.01. The summed E-state index contributed by atoms with van der Waals surface area (Å²) in [6.07, 6.45) is 8.97. The van der Waals surface area contributed by atoms with Crippen LogP contribution in [0.4, 0.5) is 0 Å². The van der Waals surface area contributed by atoms with Gasteiger partial charge in [0.15, 0.2) is 0 Å². The molecule has 3 heterocycles. The Balaban J connectivity index is 1.67. The number of nitrogens with one attached hydrogen (secondary N) is 1. The third-order valence-electron chi connectivity index (χ3n) is 5.33. The summed E-state index contributed by atoms with van der Waals surface area (Å²) in [6, 6.07) is 6.09. The maximum Gasteiger partial charge on any atom is 0.253 e. The van der Waals surface area contributed by atoms with Crippen LogP contribution >= 0.6 is 0 Å². The van der Waals surface area contributed by atoms with Gasteiger partial charge in [-0.1, -0.05) is 6.08 Å². The molecular formula is C20H25N3O. The molecule has 0 unspecified atom stereocenters. The molecule has 0 spiro atoms. The van der Waals surface area contributed by atoms with Crippen molar-refractivity contribution in [3.63, 3.8) is 0 Å². The average Bonchev–Trinajstić information content (AvgIpc) is 3.05. The zero-order valence-corrected chi connectivity index (χ0v) is 14.3. The van der Waals surface area contributed by atoms with Gasteiger partial charge in [-0.3, -0.25) is 4.79 Å². The molecule has 4 rings (SSSR count). The third-order valence-corrected chi connectivity index (χ3v) is 5.33. The summed E-state index contributed by atoms with van der Waals surface area (Å²) in [7, 11) is 2.15. The highest BCUT2D eigenvalue weighted by Crippen LogP contribution is 2.30. The highest BCUT2D eigenvalue weighted by molar-refractivity contribution is 6.01. The number of likely N-dealkylation sites (N-methyl/N-ethyl adjacent to an activating group) is 1. The van der Waals surface area contributed by atoms with Crippen LogP contribution in [0, 0.1) is 0 Å². The normalized spacial score (nSPS) is 19.5. The number of carbonyl (C=O) groups is 1. The molecule has 1 N–H and O–H groups in total. The molecule has 126 valence electrons. The van der Waals surface area contributed by atoms with Crippen LogP contribution in [0.1, 0.15) is 41.6 Å². The molecule has 4 heteroatoms. The Kier molecular flexibility index (Phi) is 4.15. The van der Waals surface area contributed by atoms with Crippen LogP contribution in [0.15, 0.2) is 30.5 Å². The summed E-state index contributed by atoms with van der Waals surface area (Å²) in [5.41, 5.74) is 4.58. The Morgan fingerprint density at radius 3 is 2.71 bits per heavy atom. The van der Waals surface area contributed by atoms with Crippen molar-refractivity contribution in [2.24, 2.45) is 0 Å². The Morgan fingerprint density at radius 1 is 1.12 bits per heavy atom. The minimum atomic E-state index is 0.182. The Labute approximate surface area is 143 Å². The monoisotopic (exact) mass is 323 g/mol. The van der Waals surface area contributed by atoms with E-state index >= 15 is 0 Å². The smallest absolute Gasteiger partial charge is 0.253 e. The minimum Gasteiger partial charge on any atom is -0.361 e. The van der Waals surface area contributed by atoms with Crippen LogP contribution in [0.2, 0.25) is 0 Å². The van der Waals surface area contributed by atoms with Crippen molar-refractivity contribution in [1.82, 2.24) is 14.8 Å². The molecule has 1 amide bonds. The Bertz CT molecular complexity index is 783. The number of piperidine rings is 1. The molecule has 1 aromatic carbocycles. The maximum atomic E-state index is 12.8. The van der Waals surface area contributed by atoms with Crippen molar-refractivity contribution in [3.05, 3.63) is 41.6 Å². The molecular weight excluding hydrogens is 298 g/mol. The predicted octanol–water partition coefficient (Wildman–Crippen LogP) is 3.51. The van der Waals surface area contributed by atoms with E-state index in [4.69, 9.17) is 0 Å². The van der Waals surface area contributed by atoms with Crippen molar-refractivity contribution in [3.8, 4) is 0 Å². The molecule has 0 bridgehead atoms. The maximum absolute atomic E-state index is 12.8. The van der Waals surface area contributed by atoms with E-state index in [1.807, 2.05) is 17.0 Å². The van der Waals surface area contributed by atoms with Crippen LogP contribution in [0.25, 0.3) is 16.5 Å². The number of rotatable bonds is 2. The lowest BCUT2D eigenvalue weighted by atomic mass is 9.98. The van der Waals surface area contributed by atoms with Crippen molar-refractivity contribution >= 4 is 22.4 Å². The summed E-state index contributed by atoms with van der Waals surface area (Å²) >= 11 is 0. The average molecular weight is 323 g/mol. The zero-order chi connectivity index (χ0) is 16.5. The number of hydrogen-bond donors (Lipinski definition) is 1. The second-order valence-corrected chi connectivity index (χ2v) is 7.06. The van der Waals surface area contributed by atoms with Gasteiger partial charge in [0.1, 0.15) is 0 Å². The fraction of sp³-hybridized carbons (Fsp3) is 0.450. The number of benzene rings is 1. The highest BCUT2D eigenvalue weighted by atomic mass is 16.2. The van der Waals surface area contributed by atoms with Gasteiger partial charge in [0.25, 0.3) is 5.91 Å². The molecule has 0 saturated carbocycles. The molecule has 0 radical (unpaired) electrons. The number of nitrogens with zero attached hydrogens (tertiary/aromatic N) is 2. The number of H-pyrrole nitrogens is 1.